The highest BCUT2D eigenvalue weighted by Gasteiger charge is 2.35. The van der Waals surface area contributed by atoms with Gasteiger partial charge in [0.25, 0.3) is 0 Å². The smallest absolute Gasteiger partial charge is 0.160 e. The Morgan fingerprint density at radius 1 is 1.03 bits per heavy atom. The first-order valence-corrected chi connectivity index (χ1v) is 11.1. The molecule has 1 aliphatic carbocycles. The number of hydrogen-bond acceptors (Lipinski definition) is 6. The highest BCUT2D eigenvalue weighted by Crippen LogP contribution is 2.34. The lowest BCUT2D eigenvalue weighted by Crippen LogP contribution is -2.35. The zero-order valence-corrected chi connectivity index (χ0v) is 19.6. The number of hydrogen-bond donors (Lipinski definition) is 0. The summed E-state index contributed by atoms with van der Waals surface area (Å²) in [6.45, 7) is 5.75. The van der Waals surface area contributed by atoms with E-state index in [0.29, 0.717) is 12.6 Å². The Morgan fingerprint density at radius 2 is 1.74 bits per heavy atom. The highest BCUT2D eigenvalue weighted by molar-refractivity contribution is 5.85. The molecule has 2 fully saturated rings. The van der Waals surface area contributed by atoms with E-state index in [2.05, 4.69) is 22.1 Å². The lowest BCUT2D eigenvalue weighted by molar-refractivity contribution is 0.126. The maximum Gasteiger partial charge on any atom is 0.160 e. The first-order valence-electron chi connectivity index (χ1n) is 11.1. The molecule has 0 bridgehead atoms. The van der Waals surface area contributed by atoms with Gasteiger partial charge in [-0.15, -0.1) is 0 Å². The average molecular weight is 428 g/mol. The van der Waals surface area contributed by atoms with Gasteiger partial charge < -0.3 is 19.2 Å². The predicted molar refractivity (Wildman–Crippen MR) is 126 cm³/mol. The van der Waals surface area contributed by atoms with E-state index in [1.807, 2.05) is 56.4 Å². The zero-order chi connectivity index (χ0) is 22.5. The Morgan fingerprint density at radius 3 is 2.35 bits per heavy atom. The van der Waals surface area contributed by atoms with E-state index in [4.69, 9.17) is 14.3 Å². The van der Waals surface area contributed by atoms with Crippen LogP contribution in [0.3, 0.4) is 0 Å². The van der Waals surface area contributed by atoms with Crippen molar-refractivity contribution >= 4 is 5.71 Å². The Kier molecular flexibility index (Phi) is 10.9. The van der Waals surface area contributed by atoms with Gasteiger partial charge >= 0.3 is 0 Å². The maximum absolute atomic E-state index is 5.47. The molecule has 0 N–H and O–H groups in total. The summed E-state index contributed by atoms with van der Waals surface area (Å²) < 4.78 is 10.0. The fourth-order valence-electron chi connectivity index (χ4n) is 3.99. The number of methoxy groups -OCH3 is 2. The average Bonchev–Trinajstić information content (AvgIpc) is 3.21. The van der Waals surface area contributed by atoms with E-state index in [1.54, 1.807) is 20.4 Å². The second kappa shape index (κ2) is 13.7. The van der Waals surface area contributed by atoms with Crippen molar-refractivity contribution in [2.45, 2.75) is 52.2 Å². The molecule has 0 amide bonds. The quantitative estimate of drug-likeness (QED) is 0.615. The fraction of sp³-hybridized carbons (Fsp3) is 0.520. The molecule has 1 aliphatic heterocycles. The van der Waals surface area contributed by atoms with E-state index in [0.717, 1.165) is 35.8 Å². The third-order valence-electron chi connectivity index (χ3n) is 5.65. The largest absolute Gasteiger partial charge is 0.493 e. The molecule has 2 heterocycles. The summed E-state index contributed by atoms with van der Waals surface area (Å²) in [6, 6.07) is 12.1. The summed E-state index contributed by atoms with van der Waals surface area (Å²) in [5.41, 5.74) is 2.29. The monoisotopic (exact) mass is 427 g/mol. The van der Waals surface area contributed by atoms with Crippen molar-refractivity contribution in [1.82, 2.24) is 9.88 Å². The first kappa shape index (κ1) is 24.7. The summed E-state index contributed by atoms with van der Waals surface area (Å²) >= 11 is 0. The van der Waals surface area contributed by atoms with E-state index in [9.17, 15) is 0 Å². The van der Waals surface area contributed by atoms with Crippen molar-refractivity contribution in [1.29, 1.82) is 0 Å². The lowest BCUT2D eigenvalue weighted by atomic mass is 9.84. The molecule has 0 spiro atoms. The summed E-state index contributed by atoms with van der Waals surface area (Å²) in [4.78, 5) is 12.0. The van der Waals surface area contributed by atoms with Gasteiger partial charge in [-0.25, -0.2) is 0 Å². The number of rotatable bonds is 5. The maximum atomic E-state index is 5.47. The van der Waals surface area contributed by atoms with Crippen LogP contribution in [0.4, 0.5) is 0 Å². The molecule has 1 aromatic heterocycles. The molecule has 1 saturated carbocycles. The van der Waals surface area contributed by atoms with E-state index in [1.165, 1.54) is 25.1 Å². The van der Waals surface area contributed by atoms with Crippen molar-refractivity contribution in [3.05, 3.63) is 54.4 Å². The molecule has 1 saturated heterocycles. The Labute approximate surface area is 187 Å². The SMILES string of the molecule is CC.CN1CCC2CC/C(=N\OCc3cccnc3)CC21.COc1ccccc1OC. The first-order chi connectivity index (χ1) is 15.2. The van der Waals surface area contributed by atoms with E-state index >= 15 is 0 Å². The van der Waals surface area contributed by atoms with Gasteiger partial charge in [0, 0.05) is 30.4 Å². The van der Waals surface area contributed by atoms with Crippen LogP contribution >= 0.6 is 0 Å². The number of oxime groups is 1. The van der Waals surface area contributed by atoms with E-state index in [-0.39, 0.29) is 0 Å². The standard InChI is InChI=1S/C15H21N3O.C8H10O2.C2H6/c1-18-8-6-13-4-5-14(9-15(13)18)17-19-11-12-3-2-7-16-10-12;1-9-7-5-3-4-6-8(7)10-2;1-2/h2-3,7,10,13,15H,4-6,8-9,11H2,1H3;3-6H,1-2H3;1-2H3/b17-14+;;. The minimum atomic E-state index is 0.515. The van der Waals surface area contributed by atoms with Crippen LogP contribution in [-0.2, 0) is 11.4 Å². The van der Waals surface area contributed by atoms with Gasteiger partial charge in [-0.1, -0.05) is 37.2 Å². The summed E-state index contributed by atoms with van der Waals surface area (Å²) in [5, 5.41) is 4.34. The molecule has 0 radical (unpaired) electrons. The highest BCUT2D eigenvalue weighted by atomic mass is 16.6. The summed E-state index contributed by atoms with van der Waals surface area (Å²) in [6.07, 6.45) is 8.39. The molecule has 2 aliphatic rings. The number of pyridine rings is 1. The minimum absolute atomic E-state index is 0.515. The summed E-state index contributed by atoms with van der Waals surface area (Å²) in [5.74, 6) is 2.41. The van der Waals surface area contributed by atoms with Gasteiger partial charge in [0.2, 0.25) is 0 Å². The molecule has 4 rings (SSSR count). The van der Waals surface area contributed by atoms with Crippen LogP contribution in [0.25, 0.3) is 0 Å². The van der Waals surface area contributed by atoms with Gasteiger partial charge in [-0.3, -0.25) is 4.98 Å². The lowest BCUT2D eigenvalue weighted by Gasteiger charge is -2.29. The Hall–Kier alpha value is -2.60. The number of aromatic nitrogens is 1. The topological polar surface area (TPSA) is 56.2 Å². The van der Waals surface area contributed by atoms with Gasteiger partial charge in [0.1, 0.15) is 6.61 Å². The van der Waals surface area contributed by atoms with Crippen LogP contribution in [0.15, 0.2) is 53.9 Å². The molecule has 2 atom stereocenters. The second-order valence-corrected chi connectivity index (χ2v) is 7.49. The normalized spacial score (nSPS) is 21.1. The number of nitrogens with zero attached hydrogens (tertiary/aromatic N) is 3. The Bertz CT molecular complexity index is 760. The molecule has 31 heavy (non-hydrogen) atoms. The minimum Gasteiger partial charge on any atom is -0.493 e. The van der Waals surface area contributed by atoms with Crippen LogP contribution in [0.1, 0.15) is 45.1 Å². The number of benzene rings is 1. The fourth-order valence-corrected chi connectivity index (χ4v) is 3.99. The van der Waals surface area contributed by atoms with Gasteiger partial charge in [0.05, 0.1) is 19.9 Å². The molecular formula is C25H37N3O3. The van der Waals surface area contributed by atoms with Gasteiger partial charge in [-0.2, -0.15) is 0 Å². The van der Waals surface area contributed by atoms with Crippen LogP contribution in [0.2, 0.25) is 0 Å². The third kappa shape index (κ3) is 7.55. The third-order valence-corrected chi connectivity index (χ3v) is 5.65. The summed E-state index contributed by atoms with van der Waals surface area (Å²) in [7, 11) is 5.47. The molecule has 2 unspecified atom stereocenters. The van der Waals surface area contributed by atoms with Crippen molar-refractivity contribution in [2.24, 2.45) is 11.1 Å². The van der Waals surface area contributed by atoms with Crippen LogP contribution < -0.4 is 9.47 Å². The van der Waals surface area contributed by atoms with E-state index < -0.39 is 0 Å². The van der Waals surface area contributed by atoms with Crippen molar-refractivity contribution in [2.75, 3.05) is 27.8 Å². The number of fused-ring (bicyclic) bond motifs is 1. The van der Waals surface area contributed by atoms with Gasteiger partial charge in [0.15, 0.2) is 11.5 Å². The van der Waals surface area contributed by atoms with Crippen LogP contribution in [0, 0.1) is 5.92 Å². The van der Waals surface area contributed by atoms with Gasteiger partial charge in [-0.05, 0) is 57.0 Å². The zero-order valence-electron chi connectivity index (χ0n) is 19.6. The molecule has 6 nitrogen and oxygen atoms in total. The molecule has 170 valence electrons. The Balaban J connectivity index is 0.000000241. The number of para-hydroxylation sites is 2. The van der Waals surface area contributed by atoms with Crippen molar-refractivity contribution < 1.29 is 14.3 Å². The number of ether oxygens (including phenoxy) is 2. The van der Waals surface area contributed by atoms with Crippen molar-refractivity contribution in [3.63, 3.8) is 0 Å². The number of likely N-dealkylation sites (tertiary alicyclic amines) is 1. The molecular weight excluding hydrogens is 390 g/mol. The molecule has 2 aromatic rings. The molecule has 1 aromatic carbocycles. The second-order valence-electron chi connectivity index (χ2n) is 7.49. The van der Waals surface area contributed by atoms with Crippen molar-refractivity contribution in [3.8, 4) is 11.5 Å². The van der Waals surface area contributed by atoms with Crippen LogP contribution in [-0.4, -0.2) is 49.4 Å². The predicted octanol–water partition coefficient (Wildman–Crippen LogP) is 5.19. The molecule has 6 heteroatoms. The van der Waals surface area contributed by atoms with Crippen LogP contribution in [0.5, 0.6) is 11.5 Å².